The molecule has 82 valence electrons. The molecule has 0 bridgehead atoms. The first kappa shape index (κ1) is 10.7. The van der Waals surface area contributed by atoms with Crippen LogP contribution in [0.15, 0.2) is 48.5 Å². The normalized spacial score (nSPS) is 12.4. The van der Waals surface area contributed by atoms with E-state index in [1.807, 2.05) is 31.2 Å². The second kappa shape index (κ2) is 4.40. The fraction of sp³-hybridized carbons (Fsp3) is 0.200. The van der Waals surface area contributed by atoms with Crippen molar-refractivity contribution in [1.29, 1.82) is 0 Å². The van der Waals surface area contributed by atoms with Crippen molar-refractivity contribution in [1.82, 2.24) is 0 Å². The number of phenolic OH excluding ortho intramolecular Hbond substituents is 1. The van der Waals surface area contributed by atoms with Gasteiger partial charge in [0, 0.05) is 5.92 Å². The summed E-state index contributed by atoms with van der Waals surface area (Å²) in [5, 5.41) is 9.70. The monoisotopic (exact) mass is 212 g/mol. The highest BCUT2D eigenvalue weighted by molar-refractivity contribution is 5.43. The summed E-state index contributed by atoms with van der Waals surface area (Å²) >= 11 is 0. The Morgan fingerprint density at radius 1 is 0.938 bits per heavy atom. The average molecular weight is 212 g/mol. The summed E-state index contributed by atoms with van der Waals surface area (Å²) in [4.78, 5) is 0. The number of aromatic hydroxyl groups is 1. The van der Waals surface area contributed by atoms with Crippen LogP contribution >= 0.6 is 0 Å². The number of benzene rings is 2. The Morgan fingerprint density at radius 2 is 1.62 bits per heavy atom. The zero-order valence-corrected chi connectivity index (χ0v) is 9.64. The van der Waals surface area contributed by atoms with E-state index < -0.39 is 0 Å². The summed E-state index contributed by atoms with van der Waals surface area (Å²) in [6, 6.07) is 16.1. The Labute approximate surface area is 96.4 Å². The zero-order chi connectivity index (χ0) is 11.5. The molecule has 2 aromatic carbocycles. The molecule has 2 rings (SSSR count). The lowest BCUT2D eigenvalue weighted by Gasteiger charge is -2.15. The van der Waals surface area contributed by atoms with Crippen LogP contribution in [0.2, 0.25) is 0 Å². The number of rotatable bonds is 2. The quantitative estimate of drug-likeness (QED) is 0.801. The van der Waals surface area contributed by atoms with Gasteiger partial charge in [-0.15, -0.1) is 0 Å². The average Bonchev–Trinajstić information content (AvgIpc) is 2.33. The molecule has 0 aliphatic carbocycles. The molecule has 1 nitrogen and oxygen atoms in total. The molecule has 1 heteroatoms. The molecule has 0 aliphatic rings. The molecule has 0 fully saturated rings. The van der Waals surface area contributed by atoms with Gasteiger partial charge in [0.25, 0.3) is 0 Å². The summed E-state index contributed by atoms with van der Waals surface area (Å²) < 4.78 is 0. The molecule has 0 saturated heterocycles. The van der Waals surface area contributed by atoms with Gasteiger partial charge < -0.3 is 5.11 Å². The minimum Gasteiger partial charge on any atom is -0.508 e. The van der Waals surface area contributed by atoms with Gasteiger partial charge >= 0.3 is 0 Å². The number of hydrogen-bond acceptors (Lipinski definition) is 1. The van der Waals surface area contributed by atoms with Gasteiger partial charge in [0.15, 0.2) is 0 Å². The van der Waals surface area contributed by atoms with Gasteiger partial charge in [-0.1, -0.05) is 49.4 Å². The maximum absolute atomic E-state index is 9.70. The summed E-state index contributed by atoms with van der Waals surface area (Å²) in [5.41, 5.74) is 3.43. The molecular formula is C15H16O. The highest BCUT2D eigenvalue weighted by Crippen LogP contribution is 2.30. The van der Waals surface area contributed by atoms with E-state index in [1.54, 1.807) is 6.07 Å². The molecular weight excluding hydrogens is 196 g/mol. The zero-order valence-electron chi connectivity index (χ0n) is 9.64. The highest BCUT2D eigenvalue weighted by Gasteiger charge is 2.11. The number of phenols is 1. The fourth-order valence-electron chi connectivity index (χ4n) is 2.03. The predicted molar refractivity (Wildman–Crippen MR) is 66.8 cm³/mol. The number of hydrogen-bond donors (Lipinski definition) is 1. The predicted octanol–water partition coefficient (Wildman–Crippen LogP) is 3.85. The topological polar surface area (TPSA) is 20.2 Å². The standard InChI is InChI=1S/C15H16O/c1-11(13-7-4-3-5-8-13)14-9-6-10-15(16)12(14)2/h3-11,16H,1-2H3. The van der Waals surface area contributed by atoms with E-state index >= 15 is 0 Å². The Hall–Kier alpha value is -1.76. The van der Waals surface area contributed by atoms with E-state index in [1.165, 1.54) is 11.1 Å². The lowest BCUT2D eigenvalue weighted by atomic mass is 9.90. The molecule has 0 aliphatic heterocycles. The Kier molecular flexibility index (Phi) is 2.95. The minimum absolute atomic E-state index is 0.313. The molecule has 2 aromatic rings. The van der Waals surface area contributed by atoms with Crippen molar-refractivity contribution in [2.45, 2.75) is 19.8 Å². The second-order valence-corrected chi connectivity index (χ2v) is 4.12. The largest absolute Gasteiger partial charge is 0.508 e. The highest BCUT2D eigenvalue weighted by atomic mass is 16.3. The van der Waals surface area contributed by atoms with Crippen molar-refractivity contribution in [3.8, 4) is 5.75 Å². The van der Waals surface area contributed by atoms with Crippen LogP contribution < -0.4 is 0 Å². The van der Waals surface area contributed by atoms with Crippen LogP contribution in [0, 0.1) is 6.92 Å². The van der Waals surface area contributed by atoms with Crippen LogP contribution in [0.1, 0.15) is 29.5 Å². The van der Waals surface area contributed by atoms with Gasteiger partial charge in [-0.25, -0.2) is 0 Å². The molecule has 0 amide bonds. The smallest absolute Gasteiger partial charge is 0.118 e. The van der Waals surface area contributed by atoms with E-state index in [-0.39, 0.29) is 0 Å². The molecule has 1 N–H and O–H groups in total. The molecule has 0 radical (unpaired) electrons. The second-order valence-electron chi connectivity index (χ2n) is 4.12. The third-order valence-electron chi connectivity index (χ3n) is 3.11. The lowest BCUT2D eigenvalue weighted by molar-refractivity contribution is 0.470. The van der Waals surface area contributed by atoms with Crippen molar-refractivity contribution in [2.75, 3.05) is 0 Å². The van der Waals surface area contributed by atoms with Crippen LogP contribution in [-0.4, -0.2) is 5.11 Å². The van der Waals surface area contributed by atoms with Crippen LogP contribution in [0.5, 0.6) is 5.75 Å². The maximum atomic E-state index is 9.70. The Bertz CT molecular complexity index is 474. The summed E-state index contributed by atoms with van der Waals surface area (Å²) in [6.45, 7) is 4.13. The first-order chi connectivity index (χ1) is 7.70. The molecule has 0 aromatic heterocycles. The maximum Gasteiger partial charge on any atom is 0.118 e. The van der Waals surface area contributed by atoms with Gasteiger partial charge in [0.05, 0.1) is 0 Å². The Morgan fingerprint density at radius 3 is 2.31 bits per heavy atom. The van der Waals surface area contributed by atoms with Gasteiger partial charge in [-0.2, -0.15) is 0 Å². The molecule has 16 heavy (non-hydrogen) atoms. The molecule has 0 heterocycles. The van der Waals surface area contributed by atoms with Crippen LogP contribution in [-0.2, 0) is 0 Å². The van der Waals surface area contributed by atoms with E-state index in [0.717, 1.165) is 5.56 Å². The van der Waals surface area contributed by atoms with Crippen molar-refractivity contribution in [3.05, 3.63) is 65.2 Å². The lowest BCUT2D eigenvalue weighted by Crippen LogP contribution is -1.98. The summed E-state index contributed by atoms with van der Waals surface area (Å²) in [5.74, 6) is 0.689. The van der Waals surface area contributed by atoms with Crippen LogP contribution in [0.25, 0.3) is 0 Å². The fourth-order valence-corrected chi connectivity index (χ4v) is 2.03. The first-order valence-corrected chi connectivity index (χ1v) is 5.53. The van der Waals surface area contributed by atoms with Crippen LogP contribution in [0.3, 0.4) is 0 Å². The van der Waals surface area contributed by atoms with Crippen LogP contribution in [0.4, 0.5) is 0 Å². The van der Waals surface area contributed by atoms with Crippen molar-refractivity contribution < 1.29 is 5.11 Å². The summed E-state index contributed by atoms with van der Waals surface area (Å²) in [7, 11) is 0. The van der Waals surface area contributed by atoms with E-state index in [2.05, 4.69) is 25.1 Å². The molecule has 0 spiro atoms. The van der Waals surface area contributed by atoms with Crippen molar-refractivity contribution in [3.63, 3.8) is 0 Å². The van der Waals surface area contributed by atoms with Gasteiger partial charge in [-0.05, 0) is 29.7 Å². The van der Waals surface area contributed by atoms with E-state index in [4.69, 9.17) is 0 Å². The van der Waals surface area contributed by atoms with Gasteiger partial charge in [0.2, 0.25) is 0 Å². The van der Waals surface area contributed by atoms with Crippen molar-refractivity contribution >= 4 is 0 Å². The Balaban J connectivity index is 2.42. The SMILES string of the molecule is Cc1c(O)cccc1C(C)c1ccccc1. The summed E-state index contributed by atoms with van der Waals surface area (Å²) in [6.07, 6.45) is 0. The van der Waals surface area contributed by atoms with Gasteiger partial charge in [-0.3, -0.25) is 0 Å². The van der Waals surface area contributed by atoms with E-state index in [0.29, 0.717) is 11.7 Å². The van der Waals surface area contributed by atoms with Crippen molar-refractivity contribution in [2.24, 2.45) is 0 Å². The molecule has 1 atom stereocenters. The third-order valence-corrected chi connectivity index (χ3v) is 3.11. The third kappa shape index (κ3) is 1.94. The first-order valence-electron chi connectivity index (χ1n) is 5.53. The minimum atomic E-state index is 0.313. The van der Waals surface area contributed by atoms with Gasteiger partial charge in [0.1, 0.15) is 5.75 Å². The molecule has 0 saturated carbocycles. The molecule has 1 unspecified atom stereocenters. The van der Waals surface area contributed by atoms with E-state index in [9.17, 15) is 5.11 Å².